The second-order valence-corrected chi connectivity index (χ2v) is 22.7. The molecule has 0 amide bonds. The molecule has 0 heterocycles. The lowest BCUT2D eigenvalue weighted by molar-refractivity contribution is -0.167. The van der Waals surface area contributed by atoms with E-state index in [1.807, 2.05) is 0 Å². The zero-order valence-corrected chi connectivity index (χ0v) is 53.7. The average Bonchev–Trinajstić information content (AvgIpc) is 3.47. The fourth-order valence-electron chi connectivity index (χ4n) is 9.62. The Bertz CT molecular complexity index is 1690. The molecular formula is C76H128O6. The second-order valence-electron chi connectivity index (χ2n) is 22.7. The predicted molar refractivity (Wildman–Crippen MR) is 357 cm³/mol. The summed E-state index contributed by atoms with van der Waals surface area (Å²) in [6.45, 7) is 6.42. The number of hydrogen-bond acceptors (Lipinski definition) is 6. The number of esters is 3. The first-order chi connectivity index (χ1) is 40.5. The number of carbonyl (C=O) groups excluding carboxylic acids is 3. The Morgan fingerprint density at radius 1 is 0.256 bits per heavy atom. The van der Waals surface area contributed by atoms with Crippen molar-refractivity contribution < 1.29 is 28.6 Å². The first-order valence-electron chi connectivity index (χ1n) is 34.5. The quantitative estimate of drug-likeness (QED) is 0.0261. The van der Waals surface area contributed by atoms with Gasteiger partial charge in [0.15, 0.2) is 6.10 Å². The van der Waals surface area contributed by atoms with Crippen LogP contribution in [0.3, 0.4) is 0 Å². The van der Waals surface area contributed by atoms with Crippen molar-refractivity contribution in [1.82, 2.24) is 0 Å². The van der Waals surface area contributed by atoms with Crippen molar-refractivity contribution in [2.45, 2.75) is 329 Å². The number of carbonyl (C=O) groups is 3. The van der Waals surface area contributed by atoms with E-state index in [1.54, 1.807) is 0 Å². The summed E-state index contributed by atoms with van der Waals surface area (Å²) in [5.41, 5.74) is 0. The van der Waals surface area contributed by atoms with Gasteiger partial charge >= 0.3 is 17.9 Å². The van der Waals surface area contributed by atoms with Crippen molar-refractivity contribution in [2.75, 3.05) is 13.2 Å². The molecule has 0 fully saturated rings. The number of ether oxygens (including phenoxy) is 3. The molecule has 0 saturated heterocycles. The van der Waals surface area contributed by atoms with Gasteiger partial charge in [-0.25, -0.2) is 0 Å². The van der Waals surface area contributed by atoms with Crippen LogP contribution in [-0.2, 0) is 28.6 Å². The predicted octanol–water partition coefficient (Wildman–Crippen LogP) is 23.9. The van der Waals surface area contributed by atoms with E-state index in [1.165, 1.54) is 148 Å². The monoisotopic (exact) mass is 1140 g/mol. The van der Waals surface area contributed by atoms with Crippen molar-refractivity contribution in [1.29, 1.82) is 0 Å². The summed E-state index contributed by atoms with van der Waals surface area (Å²) < 4.78 is 17.0. The Morgan fingerprint density at radius 3 is 0.744 bits per heavy atom. The number of rotatable bonds is 62. The highest BCUT2D eigenvalue weighted by atomic mass is 16.6. The topological polar surface area (TPSA) is 78.9 Å². The van der Waals surface area contributed by atoms with Gasteiger partial charge in [-0.2, -0.15) is 0 Å². The minimum Gasteiger partial charge on any atom is -0.462 e. The van der Waals surface area contributed by atoms with Gasteiger partial charge in [0.25, 0.3) is 0 Å². The minimum atomic E-state index is -0.795. The van der Waals surface area contributed by atoms with Gasteiger partial charge in [0.2, 0.25) is 0 Å². The Kier molecular flexibility index (Phi) is 65.8. The SMILES string of the molecule is CC/C=C\C/C=C\C/C=C\C/C=C\C/C=C\C/C=C\CCCCCCC(=O)OC(COC(=O)CCCCCCCCCCCCCCCC)COC(=O)CCCCCCCCCCCCCCCC/C=C\C/C=C\C/C=C\C/C=C\CC. The van der Waals surface area contributed by atoms with Crippen LogP contribution in [0.4, 0.5) is 0 Å². The zero-order valence-electron chi connectivity index (χ0n) is 53.7. The van der Waals surface area contributed by atoms with Crippen molar-refractivity contribution >= 4 is 17.9 Å². The zero-order chi connectivity index (χ0) is 59.2. The molecule has 0 bridgehead atoms. The Labute approximate surface area is 507 Å². The standard InChI is InChI=1S/C76H128O6/c1-4-7-10-13-16-19-22-25-28-30-32-34-36-37-38-39-41-42-44-46-48-51-54-57-60-63-66-69-75(78)81-72-73(71-80-74(77)68-65-62-59-56-53-50-27-24-21-18-15-12-9-6-3)82-76(79)70-67-64-61-58-55-52-49-47-45-43-40-35-33-31-29-26-23-20-17-14-11-8-5-2/h7-8,10-11,16-17,19-20,25-26,28-29,32-35,43,45,49,52,73H,4-6,9,12-15,18,21-24,27,30-31,36-42,44,46-48,50-51,53-72H2,1-3H3/b10-7-,11-8-,19-16-,20-17-,28-25-,29-26-,34-32-,35-33-,45-43-,52-49-. The van der Waals surface area contributed by atoms with E-state index in [-0.39, 0.29) is 31.1 Å². The molecule has 82 heavy (non-hydrogen) atoms. The van der Waals surface area contributed by atoms with E-state index >= 15 is 0 Å². The molecule has 0 aliphatic heterocycles. The molecule has 0 aliphatic rings. The summed E-state index contributed by atoms with van der Waals surface area (Å²) in [5, 5.41) is 0. The maximum atomic E-state index is 12.9. The van der Waals surface area contributed by atoms with Crippen molar-refractivity contribution in [3.63, 3.8) is 0 Å². The molecule has 6 nitrogen and oxygen atoms in total. The van der Waals surface area contributed by atoms with Crippen LogP contribution in [0, 0.1) is 0 Å². The Hall–Kier alpha value is -4.19. The van der Waals surface area contributed by atoms with Crippen LogP contribution in [0.5, 0.6) is 0 Å². The summed E-state index contributed by atoms with van der Waals surface area (Å²) >= 11 is 0. The Balaban J connectivity index is 4.36. The van der Waals surface area contributed by atoms with Crippen molar-refractivity contribution in [3.8, 4) is 0 Å². The molecule has 0 saturated carbocycles. The summed E-state index contributed by atoms with van der Waals surface area (Å²) in [4.78, 5) is 38.4. The summed E-state index contributed by atoms with van der Waals surface area (Å²) in [6.07, 6.45) is 96.4. The van der Waals surface area contributed by atoms with Gasteiger partial charge in [-0.05, 0) is 109 Å². The van der Waals surface area contributed by atoms with Gasteiger partial charge in [-0.3, -0.25) is 14.4 Å². The van der Waals surface area contributed by atoms with E-state index in [4.69, 9.17) is 14.2 Å². The normalized spacial score (nSPS) is 12.9. The highest BCUT2D eigenvalue weighted by Crippen LogP contribution is 2.17. The highest BCUT2D eigenvalue weighted by Gasteiger charge is 2.19. The molecular weight excluding hydrogens is 1010 g/mol. The van der Waals surface area contributed by atoms with Gasteiger partial charge in [-0.1, -0.05) is 316 Å². The molecule has 0 N–H and O–H groups in total. The van der Waals surface area contributed by atoms with E-state index in [9.17, 15) is 14.4 Å². The van der Waals surface area contributed by atoms with Gasteiger partial charge in [0.1, 0.15) is 13.2 Å². The van der Waals surface area contributed by atoms with E-state index in [2.05, 4.69) is 142 Å². The third-order valence-electron chi connectivity index (χ3n) is 14.7. The third-order valence-corrected chi connectivity index (χ3v) is 14.7. The molecule has 0 rings (SSSR count). The number of hydrogen-bond donors (Lipinski definition) is 0. The molecule has 0 aromatic carbocycles. The molecule has 0 aliphatic carbocycles. The van der Waals surface area contributed by atoms with E-state index in [0.29, 0.717) is 19.3 Å². The van der Waals surface area contributed by atoms with Gasteiger partial charge in [-0.15, -0.1) is 0 Å². The number of unbranched alkanes of at least 4 members (excludes halogenated alkanes) is 31. The van der Waals surface area contributed by atoms with E-state index < -0.39 is 6.10 Å². The average molecular weight is 1140 g/mol. The second kappa shape index (κ2) is 69.3. The minimum absolute atomic E-state index is 0.0871. The molecule has 1 atom stereocenters. The fraction of sp³-hybridized carbons (Fsp3) is 0.697. The van der Waals surface area contributed by atoms with Crippen LogP contribution in [0.2, 0.25) is 0 Å². The van der Waals surface area contributed by atoms with Crippen LogP contribution in [0.25, 0.3) is 0 Å². The smallest absolute Gasteiger partial charge is 0.306 e. The molecule has 0 aromatic heterocycles. The van der Waals surface area contributed by atoms with Crippen LogP contribution in [0.15, 0.2) is 122 Å². The molecule has 0 aromatic rings. The molecule has 0 radical (unpaired) electrons. The maximum absolute atomic E-state index is 12.9. The lowest BCUT2D eigenvalue weighted by Gasteiger charge is -2.18. The van der Waals surface area contributed by atoms with Crippen LogP contribution in [-0.4, -0.2) is 37.2 Å². The summed E-state index contributed by atoms with van der Waals surface area (Å²) in [5.74, 6) is -0.901. The van der Waals surface area contributed by atoms with Gasteiger partial charge in [0, 0.05) is 19.3 Å². The lowest BCUT2D eigenvalue weighted by atomic mass is 10.0. The van der Waals surface area contributed by atoms with Crippen molar-refractivity contribution in [3.05, 3.63) is 122 Å². The van der Waals surface area contributed by atoms with Crippen molar-refractivity contribution in [2.24, 2.45) is 0 Å². The van der Waals surface area contributed by atoms with Crippen LogP contribution >= 0.6 is 0 Å². The third kappa shape index (κ3) is 66.6. The number of allylic oxidation sites excluding steroid dienone is 20. The van der Waals surface area contributed by atoms with Crippen LogP contribution in [0.1, 0.15) is 323 Å². The molecule has 468 valence electrons. The first kappa shape index (κ1) is 77.8. The molecule has 6 heteroatoms. The maximum Gasteiger partial charge on any atom is 0.306 e. The van der Waals surface area contributed by atoms with E-state index in [0.717, 1.165) is 135 Å². The molecule has 0 spiro atoms. The van der Waals surface area contributed by atoms with Gasteiger partial charge in [0.05, 0.1) is 0 Å². The largest absolute Gasteiger partial charge is 0.462 e. The van der Waals surface area contributed by atoms with Crippen LogP contribution < -0.4 is 0 Å². The first-order valence-corrected chi connectivity index (χ1v) is 34.5. The fourth-order valence-corrected chi connectivity index (χ4v) is 9.62. The summed E-state index contributed by atoms with van der Waals surface area (Å²) in [7, 11) is 0. The molecule has 1 unspecified atom stereocenters. The summed E-state index contributed by atoms with van der Waals surface area (Å²) in [6, 6.07) is 0. The van der Waals surface area contributed by atoms with Gasteiger partial charge < -0.3 is 14.2 Å². The highest BCUT2D eigenvalue weighted by molar-refractivity contribution is 5.71. The Morgan fingerprint density at radius 2 is 0.476 bits per heavy atom. The lowest BCUT2D eigenvalue weighted by Crippen LogP contribution is -2.30.